The highest BCUT2D eigenvalue weighted by Crippen LogP contribution is 2.31. The number of likely N-dealkylation sites (N-methyl/N-ethyl adjacent to an activating group) is 1. The maximum atomic E-state index is 12.4. The Balaban J connectivity index is 0.00000225. The fraction of sp³-hybridized carbons (Fsp3) is 0.650. The molecule has 2 amide bonds. The van der Waals surface area contributed by atoms with Gasteiger partial charge in [-0.25, -0.2) is 4.79 Å². The van der Waals surface area contributed by atoms with Crippen LogP contribution in [0.4, 0.5) is 4.79 Å². The average Bonchev–Trinajstić information content (AvgIpc) is 2.60. The Bertz CT molecular complexity index is 570. The Kier molecular flexibility index (Phi) is 7.14. The molecule has 2 aliphatic rings. The van der Waals surface area contributed by atoms with Gasteiger partial charge in [0.2, 0.25) is 0 Å². The van der Waals surface area contributed by atoms with Crippen LogP contribution in [-0.4, -0.2) is 43.2 Å². The third kappa shape index (κ3) is 4.89. The molecule has 0 aromatic heterocycles. The van der Waals surface area contributed by atoms with Gasteiger partial charge < -0.3 is 15.5 Å². The van der Waals surface area contributed by atoms with Crippen LogP contribution in [0.3, 0.4) is 0 Å². The fourth-order valence-corrected chi connectivity index (χ4v) is 4.29. The molecule has 0 radical (unpaired) electrons. The van der Waals surface area contributed by atoms with E-state index in [0.29, 0.717) is 0 Å². The lowest BCUT2D eigenvalue weighted by atomic mass is 9.80. The van der Waals surface area contributed by atoms with Crippen LogP contribution in [-0.2, 0) is 12.8 Å². The smallest absolute Gasteiger partial charge is 0.315 e. The van der Waals surface area contributed by atoms with E-state index in [1.54, 1.807) is 0 Å². The van der Waals surface area contributed by atoms with Crippen molar-refractivity contribution in [3.63, 3.8) is 0 Å². The number of fused-ring (bicyclic) bond motifs is 1. The van der Waals surface area contributed by atoms with Crippen molar-refractivity contribution in [3.8, 4) is 0 Å². The van der Waals surface area contributed by atoms with Crippen LogP contribution in [0.25, 0.3) is 0 Å². The first kappa shape index (κ1) is 20.1. The summed E-state index contributed by atoms with van der Waals surface area (Å²) in [5.41, 5.74) is 2.95. The van der Waals surface area contributed by atoms with Crippen LogP contribution in [0.15, 0.2) is 24.3 Å². The Morgan fingerprint density at radius 1 is 1.16 bits per heavy atom. The molecule has 1 saturated carbocycles. The van der Waals surface area contributed by atoms with E-state index in [0.717, 1.165) is 25.8 Å². The summed E-state index contributed by atoms with van der Waals surface area (Å²) in [6, 6.07) is 8.82. The monoisotopic (exact) mass is 365 g/mol. The molecule has 4 nitrogen and oxygen atoms in total. The number of carbonyl (C=O) groups is 1. The molecule has 1 aromatic carbocycles. The third-order valence-corrected chi connectivity index (χ3v) is 5.99. The Hall–Kier alpha value is -1.26. The summed E-state index contributed by atoms with van der Waals surface area (Å²) in [5, 5.41) is 6.34. The number of amides is 2. The standard InChI is InChI=1S/C20H31N3O.ClH/c1-23(2)20(12-6-3-7-13-20)15-21-19(24)22-18-11-10-16-8-4-5-9-17(16)14-18;/h4-5,8-9,18H,3,6-7,10-15H2,1-2H3,(H2,21,22,24);1H/t18-;/m0./s1. The van der Waals surface area contributed by atoms with E-state index in [-0.39, 0.29) is 30.0 Å². The van der Waals surface area contributed by atoms with Crippen LogP contribution >= 0.6 is 12.4 Å². The number of carbonyl (C=O) groups excluding carboxylic acids is 1. The van der Waals surface area contributed by atoms with Gasteiger partial charge in [0.05, 0.1) is 0 Å². The zero-order valence-electron chi connectivity index (χ0n) is 15.5. The molecule has 140 valence electrons. The Labute approximate surface area is 158 Å². The highest BCUT2D eigenvalue weighted by molar-refractivity contribution is 5.85. The number of nitrogens with zero attached hydrogens (tertiary/aromatic N) is 1. The van der Waals surface area contributed by atoms with Gasteiger partial charge in [-0.05, 0) is 57.3 Å². The summed E-state index contributed by atoms with van der Waals surface area (Å²) in [4.78, 5) is 14.7. The highest BCUT2D eigenvalue weighted by Gasteiger charge is 2.34. The summed E-state index contributed by atoms with van der Waals surface area (Å²) in [6.07, 6.45) is 9.24. The highest BCUT2D eigenvalue weighted by atomic mass is 35.5. The molecule has 0 unspecified atom stereocenters. The van der Waals surface area contributed by atoms with E-state index in [1.807, 2.05) is 0 Å². The van der Waals surface area contributed by atoms with Gasteiger partial charge in [-0.15, -0.1) is 12.4 Å². The van der Waals surface area contributed by atoms with E-state index in [2.05, 4.69) is 53.9 Å². The summed E-state index contributed by atoms with van der Waals surface area (Å²) in [5.74, 6) is 0. The van der Waals surface area contributed by atoms with Crippen LogP contribution in [0.2, 0.25) is 0 Å². The minimum atomic E-state index is -0.00817. The SMILES string of the molecule is CN(C)C1(CNC(=O)N[C@H]2CCc3ccccc3C2)CCCCC1.Cl. The second-order valence-corrected chi connectivity index (χ2v) is 7.71. The van der Waals surface area contributed by atoms with Crippen molar-refractivity contribution in [3.05, 3.63) is 35.4 Å². The Morgan fingerprint density at radius 2 is 1.84 bits per heavy atom. The molecular formula is C20H32ClN3O. The van der Waals surface area contributed by atoms with Gasteiger partial charge in [0.15, 0.2) is 0 Å². The van der Waals surface area contributed by atoms with Gasteiger partial charge in [0.1, 0.15) is 0 Å². The number of benzene rings is 1. The normalized spacial score (nSPS) is 21.8. The zero-order valence-corrected chi connectivity index (χ0v) is 16.3. The summed E-state index contributed by atoms with van der Waals surface area (Å²) in [6.45, 7) is 0.745. The quantitative estimate of drug-likeness (QED) is 0.857. The van der Waals surface area contributed by atoms with Crippen molar-refractivity contribution in [2.75, 3.05) is 20.6 Å². The van der Waals surface area contributed by atoms with Crippen LogP contribution in [0.1, 0.15) is 49.7 Å². The number of nitrogens with one attached hydrogen (secondary N) is 2. The molecule has 5 heteroatoms. The minimum absolute atomic E-state index is 0. The third-order valence-electron chi connectivity index (χ3n) is 5.99. The maximum Gasteiger partial charge on any atom is 0.315 e. The number of hydrogen-bond acceptors (Lipinski definition) is 2. The summed E-state index contributed by atoms with van der Waals surface area (Å²) >= 11 is 0. The van der Waals surface area contributed by atoms with Crippen LogP contribution in [0.5, 0.6) is 0 Å². The van der Waals surface area contributed by atoms with Crippen molar-refractivity contribution in [1.29, 1.82) is 0 Å². The first-order chi connectivity index (χ1) is 11.6. The van der Waals surface area contributed by atoms with E-state index in [1.165, 1.54) is 43.2 Å². The molecule has 0 heterocycles. The minimum Gasteiger partial charge on any atom is -0.336 e. The van der Waals surface area contributed by atoms with Crippen molar-refractivity contribution in [2.45, 2.75) is 62.9 Å². The van der Waals surface area contributed by atoms with Crippen LogP contribution in [0, 0.1) is 0 Å². The lowest BCUT2D eigenvalue weighted by molar-refractivity contribution is 0.100. The molecule has 3 rings (SSSR count). The fourth-order valence-electron chi connectivity index (χ4n) is 4.29. The second kappa shape index (κ2) is 8.91. The van der Waals surface area contributed by atoms with E-state index >= 15 is 0 Å². The van der Waals surface area contributed by atoms with Gasteiger partial charge in [0, 0.05) is 18.1 Å². The Morgan fingerprint density at radius 3 is 2.52 bits per heavy atom. The molecule has 1 aromatic rings. The molecule has 0 spiro atoms. The molecule has 0 aliphatic heterocycles. The number of aryl methyl sites for hydroxylation is 1. The molecule has 2 N–H and O–H groups in total. The maximum absolute atomic E-state index is 12.4. The average molecular weight is 366 g/mol. The first-order valence-corrected chi connectivity index (χ1v) is 9.38. The topological polar surface area (TPSA) is 44.4 Å². The number of urea groups is 1. The number of hydrogen-bond donors (Lipinski definition) is 2. The van der Waals surface area contributed by atoms with E-state index < -0.39 is 0 Å². The van der Waals surface area contributed by atoms with Crippen molar-refractivity contribution in [1.82, 2.24) is 15.5 Å². The molecular weight excluding hydrogens is 334 g/mol. The molecule has 0 saturated heterocycles. The van der Waals surface area contributed by atoms with Gasteiger partial charge in [-0.3, -0.25) is 0 Å². The zero-order chi connectivity index (χ0) is 17.0. The molecule has 0 bridgehead atoms. The first-order valence-electron chi connectivity index (χ1n) is 9.38. The lowest BCUT2D eigenvalue weighted by Gasteiger charge is -2.43. The van der Waals surface area contributed by atoms with E-state index in [9.17, 15) is 4.79 Å². The molecule has 2 aliphatic carbocycles. The molecule has 1 atom stereocenters. The van der Waals surface area contributed by atoms with Gasteiger partial charge in [0.25, 0.3) is 0 Å². The predicted molar refractivity (Wildman–Crippen MR) is 106 cm³/mol. The predicted octanol–water partition coefficient (Wildman–Crippen LogP) is 3.53. The van der Waals surface area contributed by atoms with Gasteiger partial charge in [-0.1, -0.05) is 43.5 Å². The molecule has 1 fully saturated rings. The van der Waals surface area contributed by atoms with Crippen LogP contribution < -0.4 is 10.6 Å². The summed E-state index contributed by atoms with van der Waals surface area (Å²) < 4.78 is 0. The molecule has 25 heavy (non-hydrogen) atoms. The van der Waals surface area contributed by atoms with Crippen molar-refractivity contribution >= 4 is 18.4 Å². The second-order valence-electron chi connectivity index (χ2n) is 7.71. The summed E-state index contributed by atoms with van der Waals surface area (Å²) in [7, 11) is 4.28. The van der Waals surface area contributed by atoms with Crippen molar-refractivity contribution in [2.24, 2.45) is 0 Å². The number of rotatable bonds is 4. The van der Waals surface area contributed by atoms with Gasteiger partial charge >= 0.3 is 6.03 Å². The largest absolute Gasteiger partial charge is 0.336 e. The number of halogens is 1. The van der Waals surface area contributed by atoms with E-state index in [4.69, 9.17) is 0 Å². The van der Waals surface area contributed by atoms with Gasteiger partial charge in [-0.2, -0.15) is 0 Å². The lowest BCUT2D eigenvalue weighted by Crippen LogP contribution is -2.56. The van der Waals surface area contributed by atoms with Crippen molar-refractivity contribution < 1.29 is 4.79 Å².